The van der Waals surface area contributed by atoms with Gasteiger partial charge >= 0.3 is 0 Å². The van der Waals surface area contributed by atoms with Gasteiger partial charge in [-0.3, -0.25) is 0 Å². The normalized spacial score (nSPS) is 4.42. The van der Waals surface area contributed by atoms with Gasteiger partial charge in [0.05, 0.1) is 0 Å². The van der Waals surface area contributed by atoms with Crippen LogP contribution in [0.25, 0.3) is 0 Å². The van der Waals surface area contributed by atoms with E-state index in [0.29, 0.717) is 6.90 Å². The number of hydrogen-bond donors (Lipinski definition) is 1. The molecule has 0 aliphatic heterocycles. The van der Waals surface area contributed by atoms with Gasteiger partial charge in [0, 0.05) is 251 Å². The predicted molar refractivity (Wildman–Crippen MR) is 259 cm³/mol. The highest BCUT2D eigenvalue weighted by Gasteiger charge is 1.32. The van der Waals surface area contributed by atoms with Gasteiger partial charge < -0.3 is 0 Å². The minimum Gasteiger partial charge on any atom is -0.197 e. The summed E-state index contributed by atoms with van der Waals surface area (Å²) in [7, 11) is 9.35. The molecule has 0 aromatic rings. The quantitative estimate of drug-likeness (QED) is 0.286. The number of hydrogen-bond acceptors (Lipinski definition) is 23. The second kappa shape index (κ2) is 288. The van der Waals surface area contributed by atoms with Crippen molar-refractivity contribution in [2.75, 3.05) is 25.4 Å². The Morgan fingerprint density at radius 3 is 0.579 bits per heavy atom. The van der Waals surface area contributed by atoms with Crippen LogP contribution in [0.1, 0.15) is 15.2 Å². The highest BCUT2D eigenvalue weighted by atomic mass is 33.2. The topological polar surface area (TPSA) is 34.1 Å². The van der Waals surface area contributed by atoms with Crippen molar-refractivity contribution < 1.29 is 9.79 Å². The fourth-order valence-electron chi connectivity index (χ4n) is 0. The molecule has 0 fully saturated rings. The van der Waals surface area contributed by atoms with Gasteiger partial charge in [-0.25, -0.2) is 0 Å². The molecule has 32 heteroatoms. The summed E-state index contributed by atoms with van der Waals surface area (Å²) in [6.45, 7) is 4.20. The summed E-state index contributed by atoms with van der Waals surface area (Å²) in [6.07, 6.45) is 5.78. The molecular weight excluding hydrogens is 1060 g/mol. The summed E-state index contributed by atoms with van der Waals surface area (Å²) in [5.41, 5.74) is 0. The van der Waals surface area contributed by atoms with Crippen molar-refractivity contribution in [3.8, 4) is 0 Å². The smallest absolute Gasteiger partial charge is 0.197 e. The van der Waals surface area contributed by atoms with E-state index in [1.165, 1.54) is 35.5 Å². The van der Waals surface area contributed by atoms with Gasteiger partial charge in [0.1, 0.15) is 0 Å². The van der Waals surface area contributed by atoms with Crippen molar-refractivity contribution in [2.24, 2.45) is 0 Å². The van der Waals surface area contributed by atoms with Crippen LogP contribution in [0, 0.1) is 0 Å². The molecule has 0 aromatic heterocycles. The lowest BCUT2D eigenvalue weighted by molar-refractivity contribution is 0.702. The molecule has 2 nitrogen and oxygen atoms in total. The first-order chi connectivity index (χ1) is 18.7. The lowest BCUT2D eigenvalue weighted by atomic mass is 11.0. The van der Waals surface area contributed by atoms with Gasteiger partial charge in [-0.15, -0.1) is 0 Å². The molecule has 0 aliphatic rings. The van der Waals surface area contributed by atoms with Crippen LogP contribution in [0.5, 0.6) is 0 Å². The maximum Gasteiger partial charge on any atom is 0.197 e. The molecule has 0 saturated heterocycles. The zero-order chi connectivity index (χ0) is 35.8. The molecule has 0 N–H and O–H groups in total. The maximum absolute atomic E-state index is 7.83. The van der Waals surface area contributed by atoms with E-state index < -0.39 is 0 Å². The van der Waals surface area contributed by atoms with Crippen LogP contribution in [-0.4, -0.2) is 33.8 Å². The van der Waals surface area contributed by atoms with E-state index in [-0.39, 0.29) is 0 Å². The Bertz CT molecular complexity index is 510. The van der Waals surface area contributed by atoms with Crippen molar-refractivity contribution in [2.45, 2.75) is 13.8 Å². The van der Waals surface area contributed by atoms with E-state index in [1.54, 1.807) is 24.9 Å². The zero-order valence-corrected chi connectivity index (χ0v) is 43.5. The van der Waals surface area contributed by atoms with E-state index in [0.717, 1.165) is 42.9 Å². The molecule has 38 heavy (non-hydrogen) atoms. The highest BCUT2D eigenvalue weighted by molar-refractivity contribution is 8.51. The molecule has 0 atom stereocenters. The first-order valence-corrected chi connectivity index (χ1v) is 32.5. The lowest BCUT2D eigenvalue weighted by Gasteiger charge is -1.51. The SMILES string of the molecule is CP=S.CS.CSC.O=S.O=S.S=S.S=S.S=S=S.S=S=S.S=S=S.S=S=S.S=S=S=S.S=S=S=S.[2H]CC. The van der Waals surface area contributed by atoms with Gasteiger partial charge in [0.2, 0.25) is 0 Å². The highest BCUT2D eigenvalue weighted by Crippen LogP contribution is 1.70. The summed E-state index contributed by atoms with van der Waals surface area (Å²) >= 11 is 80.3. The van der Waals surface area contributed by atoms with Crippen LogP contribution >= 0.6 is 31.7 Å². The molecule has 0 rings (SSSR count). The number of rotatable bonds is 0. The molecule has 0 bridgehead atoms. The third-order valence-electron chi connectivity index (χ3n) is 0.0556. The maximum atomic E-state index is 7.83. The molecule has 0 radical (unpaired) electrons. The van der Waals surface area contributed by atoms with E-state index >= 15 is 0 Å². The average Bonchev–Trinajstić information content (AvgIpc) is 2.97. The third-order valence-corrected chi connectivity index (χ3v) is 4.50. The lowest BCUT2D eigenvalue weighted by Crippen LogP contribution is -1.25. The van der Waals surface area contributed by atoms with E-state index in [9.17, 15) is 0 Å². The fourth-order valence-corrected chi connectivity index (χ4v) is 0. The minimum absolute atomic E-state index is 0.500. The van der Waals surface area contributed by atoms with Crippen molar-refractivity contribution >= 4 is 319 Å². The van der Waals surface area contributed by atoms with Crippen LogP contribution in [0.3, 0.4) is 0 Å². The minimum atomic E-state index is 0.500. The summed E-state index contributed by atoms with van der Waals surface area (Å²) in [6, 6.07) is 0. The Hall–Kier alpha value is 6.54. The summed E-state index contributed by atoms with van der Waals surface area (Å²) < 4.78 is 21.9. The summed E-state index contributed by atoms with van der Waals surface area (Å²) in [5, 5.41) is 0. The average molecular weight is 1090 g/mol. The molecule has 0 unspecified atom stereocenters. The fraction of sp³-hybridized carbons (Fsp3) is 1.00. The van der Waals surface area contributed by atoms with Crippen molar-refractivity contribution in [3.63, 3.8) is 0 Å². The van der Waals surface area contributed by atoms with Gasteiger partial charge in [0.15, 0.2) is 25.1 Å². The van der Waals surface area contributed by atoms with Crippen LogP contribution in [0.2, 0.25) is 0 Å². The Morgan fingerprint density at radius 1 is 0.553 bits per heavy atom. The monoisotopic (exact) mass is 1080 g/mol. The second-order valence-electron chi connectivity index (χ2n) is 1.14. The van der Waals surface area contributed by atoms with Crippen LogP contribution in [-0.2, 0) is 287 Å². The van der Waals surface area contributed by atoms with E-state index in [1.807, 2.05) is 19.2 Å². The molecule has 0 amide bonds. The van der Waals surface area contributed by atoms with Crippen molar-refractivity contribution in [1.29, 1.82) is 0 Å². The summed E-state index contributed by atoms with van der Waals surface area (Å²) in [4.78, 5) is 0. The molecule has 0 spiro atoms. The third kappa shape index (κ3) is 1010. The van der Waals surface area contributed by atoms with Gasteiger partial charge in [-0.1, -0.05) is 25.6 Å². The first-order valence-electron chi connectivity index (χ1n) is 6.31. The second-order valence-corrected chi connectivity index (χ2v) is 17.6. The van der Waals surface area contributed by atoms with Gasteiger partial charge in [-0.2, -0.15) is 32.8 Å². The molecular formula is C6H19O2PS29. The molecule has 0 heterocycles. The molecule has 234 valence electrons. The Morgan fingerprint density at radius 2 is 0.579 bits per heavy atom. The van der Waals surface area contributed by atoms with Crippen LogP contribution in [0.4, 0.5) is 0 Å². The summed E-state index contributed by atoms with van der Waals surface area (Å²) in [5.74, 6) is 0. The Kier molecular flexibility index (Phi) is 643. The van der Waals surface area contributed by atoms with Crippen molar-refractivity contribution in [1.82, 2.24) is 0 Å². The predicted octanol–water partition coefficient (Wildman–Crippen LogP) is 2.85. The number of thiol groups is 1. The van der Waals surface area contributed by atoms with Gasteiger partial charge in [0.25, 0.3) is 0 Å². The van der Waals surface area contributed by atoms with Crippen LogP contribution in [0.15, 0.2) is 0 Å². The van der Waals surface area contributed by atoms with E-state index in [4.69, 9.17) is 9.79 Å². The van der Waals surface area contributed by atoms with Gasteiger partial charge in [-0.05, 0) is 32.8 Å². The molecule has 0 aromatic carbocycles. The first kappa shape index (κ1) is 84.9. The van der Waals surface area contributed by atoms with Crippen molar-refractivity contribution in [3.05, 3.63) is 0 Å². The Balaban J connectivity index is -0.0000000145. The standard InChI is InChI=1S/C2H6S.C2H6.CH3PS.CH4S.2OS.2S4.4S3.2S2/c1-3-2;1-2;1-2-3;3*1-2;2*1-3-4-2;4*1-3-2;2*1-2/h1-2H3;1-2H3;1H3;2H,1H3;;;;;;;;;;/i;1D;;;;;;;;;;;;. The van der Waals surface area contributed by atoms with Crippen LogP contribution < -0.4 is 0 Å². The van der Waals surface area contributed by atoms with E-state index in [2.05, 4.69) is 229 Å². The molecule has 0 aliphatic carbocycles. The number of thioether (sulfide) groups is 1. The zero-order valence-electron chi connectivity index (χ0n) is 19.8. The Labute approximate surface area is 360 Å². The largest absolute Gasteiger partial charge is 0.197 e. The molecule has 0 saturated carbocycles.